The second kappa shape index (κ2) is 7.04. The fraction of sp³-hybridized carbons (Fsp3) is 0.444. The molecular weight excluding hydrogens is 322 g/mol. The predicted molar refractivity (Wildman–Crippen MR) is 91.2 cm³/mol. The van der Waals surface area contributed by atoms with Gasteiger partial charge in [0.15, 0.2) is 5.78 Å². The minimum Gasteiger partial charge on any atom is -0.339 e. The van der Waals surface area contributed by atoms with Gasteiger partial charge in [-0.3, -0.25) is 19.2 Å². The van der Waals surface area contributed by atoms with Gasteiger partial charge in [0.1, 0.15) is 0 Å². The number of benzene rings is 1. The largest absolute Gasteiger partial charge is 0.339 e. The van der Waals surface area contributed by atoms with Crippen molar-refractivity contribution in [3.8, 4) is 0 Å². The fourth-order valence-electron chi connectivity index (χ4n) is 3.20. The Kier molecular flexibility index (Phi) is 4.83. The van der Waals surface area contributed by atoms with Crippen molar-refractivity contribution in [3.63, 3.8) is 0 Å². The molecule has 0 aliphatic carbocycles. The Hall–Kier alpha value is -2.70. The number of nitrogens with one attached hydrogen (secondary N) is 1. The highest BCUT2D eigenvalue weighted by molar-refractivity contribution is 6.02. The minimum absolute atomic E-state index is 0.0202. The Morgan fingerprint density at radius 2 is 1.72 bits per heavy atom. The highest BCUT2D eigenvalue weighted by Crippen LogP contribution is 2.24. The van der Waals surface area contributed by atoms with E-state index in [0.29, 0.717) is 31.7 Å². The summed E-state index contributed by atoms with van der Waals surface area (Å²) in [5, 5.41) is 2.73. The van der Waals surface area contributed by atoms with Crippen LogP contribution in [0.1, 0.15) is 35.7 Å². The van der Waals surface area contributed by atoms with Gasteiger partial charge in [0.25, 0.3) is 0 Å². The van der Waals surface area contributed by atoms with Crippen LogP contribution in [-0.2, 0) is 20.8 Å². The second-order valence-corrected chi connectivity index (χ2v) is 6.41. The van der Waals surface area contributed by atoms with Crippen LogP contribution in [0, 0.1) is 0 Å². The molecule has 3 rings (SSSR count). The van der Waals surface area contributed by atoms with Crippen molar-refractivity contribution >= 4 is 29.2 Å². The molecule has 0 atom stereocenters. The molecule has 1 fully saturated rings. The summed E-state index contributed by atoms with van der Waals surface area (Å²) in [5.74, 6) is -0.209. The molecule has 2 aliphatic heterocycles. The van der Waals surface area contributed by atoms with Crippen LogP contribution in [0.5, 0.6) is 0 Å². The van der Waals surface area contributed by atoms with Crippen LogP contribution in [0.15, 0.2) is 18.2 Å². The fourth-order valence-corrected chi connectivity index (χ4v) is 3.20. The summed E-state index contributed by atoms with van der Waals surface area (Å²) in [6.07, 6.45) is 0.592. The molecule has 2 heterocycles. The van der Waals surface area contributed by atoms with Crippen molar-refractivity contribution in [3.05, 3.63) is 29.3 Å². The van der Waals surface area contributed by atoms with E-state index in [4.69, 9.17) is 0 Å². The lowest BCUT2D eigenvalue weighted by atomic mass is 10.0. The Morgan fingerprint density at radius 3 is 2.40 bits per heavy atom. The first-order valence-electron chi connectivity index (χ1n) is 8.43. The van der Waals surface area contributed by atoms with Crippen LogP contribution in [-0.4, -0.2) is 59.5 Å². The van der Waals surface area contributed by atoms with E-state index < -0.39 is 0 Å². The van der Waals surface area contributed by atoms with Crippen LogP contribution >= 0.6 is 0 Å². The topological polar surface area (TPSA) is 86.8 Å². The van der Waals surface area contributed by atoms with Gasteiger partial charge in [0.2, 0.25) is 17.7 Å². The van der Waals surface area contributed by atoms with E-state index in [9.17, 15) is 19.2 Å². The number of carbonyl (C=O) groups is 4. The molecule has 1 saturated heterocycles. The first kappa shape index (κ1) is 17.1. The van der Waals surface area contributed by atoms with Crippen LogP contribution < -0.4 is 5.32 Å². The van der Waals surface area contributed by atoms with E-state index in [1.54, 1.807) is 28.0 Å². The summed E-state index contributed by atoms with van der Waals surface area (Å²) in [5.41, 5.74) is 2.10. The normalized spacial score (nSPS) is 16.4. The van der Waals surface area contributed by atoms with Crippen LogP contribution in [0.25, 0.3) is 0 Å². The van der Waals surface area contributed by atoms with Gasteiger partial charge in [-0.05, 0) is 23.8 Å². The van der Waals surface area contributed by atoms with Gasteiger partial charge < -0.3 is 15.1 Å². The highest BCUT2D eigenvalue weighted by Gasteiger charge is 2.23. The minimum atomic E-state index is -0.0992. The molecule has 2 aliphatic rings. The van der Waals surface area contributed by atoms with E-state index in [2.05, 4.69) is 5.32 Å². The lowest BCUT2D eigenvalue weighted by Crippen LogP contribution is -2.50. The number of ketones is 1. The standard InChI is InChI=1S/C18H21N3O4/c1-12(22)20-6-8-21(9-7-20)18(25)5-4-16(23)13-2-3-15-14(10-13)11-17(24)19-15/h2-3,10H,4-9,11H2,1H3,(H,19,24). The summed E-state index contributed by atoms with van der Waals surface area (Å²) >= 11 is 0. The monoisotopic (exact) mass is 343 g/mol. The van der Waals surface area contributed by atoms with Crippen molar-refractivity contribution in [1.29, 1.82) is 0 Å². The Bertz CT molecular complexity index is 736. The average Bonchev–Trinajstić information content (AvgIpc) is 2.98. The molecule has 0 saturated carbocycles. The summed E-state index contributed by atoms with van der Waals surface area (Å²) in [7, 11) is 0. The molecule has 25 heavy (non-hydrogen) atoms. The van der Waals surface area contributed by atoms with Gasteiger partial charge >= 0.3 is 0 Å². The summed E-state index contributed by atoms with van der Waals surface area (Å²) < 4.78 is 0. The SMILES string of the molecule is CC(=O)N1CCN(C(=O)CCC(=O)c2ccc3c(c2)CC(=O)N3)CC1. The van der Waals surface area contributed by atoms with Crippen LogP contribution in [0.4, 0.5) is 5.69 Å². The maximum absolute atomic E-state index is 12.3. The number of Topliss-reactive ketones (excluding diaryl/α,β-unsaturated/α-hetero) is 1. The summed E-state index contributed by atoms with van der Waals surface area (Å²) in [6.45, 7) is 3.63. The lowest BCUT2D eigenvalue weighted by molar-refractivity contribution is -0.138. The van der Waals surface area contributed by atoms with Crippen LogP contribution in [0.2, 0.25) is 0 Å². The number of hydrogen-bond acceptors (Lipinski definition) is 4. The number of nitrogens with zero attached hydrogens (tertiary/aromatic N) is 2. The zero-order valence-corrected chi connectivity index (χ0v) is 14.2. The van der Waals surface area contributed by atoms with E-state index in [-0.39, 0.29) is 42.8 Å². The first-order chi connectivity index (χ1) is 11.9. The van der Waals surface area contributed by atoms with E-state index in [1.165, 1.54) is 6.92 Å². The van der Waals surface area contributed by atoms with E-state index in [0.717, 1.165) is 11.3 Å². The second-order valence-electron chi connectivity index (χ2n) is 6.41. The van der Waals surface area contributed by atoms with Crippen molar-refractivity contribution < 1.29 is 19.2 Å². The highest BCUT2D eigenvalue weighted by atomic mass is 16.2. The number of rotatable bonds is 4. The molecule has 1 aromatic rings. The molecule has 1 aromatic carbocycles. The number of piperazine rings is 1. The third-order valence-electron chi connectivity index (χ3n) is 4.70. The van der Waals surface area contributed by atoms with Gasteiger partial charge in [0.05, 0.1) is 6.42 Å². The Labute approximate surface area is 146 Å². The number of fused-ring (bicyclic) bond motifs is 1. The lowest BCUT2D eigenvalue weighted by Gasteiger charge is -2.34. The summed E-state index contributed by atoms with van der Waals surface area (Å²) in [4.78, 5) is 50.7. The third kappa shape index (κ3) is 3.87. The summed E-state index contributed by atoms with van der Waals surface area (Å²) in [6, 6.07) is 5.14. The van der Waals surface area contributed by atoms with E-state index >= 15 is 0 Å². The quantitative estimate of drug-likeness (QED) is 0.821. The van der Waals surface area contributed by atoms with Gasteiger partial charge in [-0.15, -0.1) is 0 Å². The molecule has 0 bridgehead atoms. The van der Waals surface area contributed by atoms with Crippen molar-refractivity contribution in [2.45, 2.75) is 26.2 Å². The van der Waals surface area contributed by atoms with Crippen molar-refractivity contribution in [1.82, 2.24) is 9.80 Å². The molecule has 0 radical (unpaired) electrons. The molecule has 7 nitrogen and oxygen atoms in total. The van der Waals surface area contributed by atoms with Gasteiger partial charge in [0, 0.05) is 57.2 Å². The molecule has 0 aromatic heterocycles. The molecule has 0 unspecified atom stereocenters. The van der Waals surface area contributed by atoms with Crippen LogP contribution in [0.3, 0.4) is 0 Å². The number of carbonyl (C=O) groups excluding carboxylic acids is 4. The van der Waals surface area contributed by atoms with Gasteiger partial charge in [-0.25, -0.2) is 0 Å². The Morgan fingerprint density at radius 1 is 1.04 bits per heavy atom. The zero-order valence-electron chi connectivity index (χ0n) is 14.2. The smallest absolute Gasteiger partial charge is 0.228 e. The van der Waals surface area contributed by atoms with Gasteiger partial charge in [-0.2, -0.15) is 0 Å². The maximum Gasteiger partial charge on any atom is 0.228 e. The van der Waals surface area contributed by atoms with Crippen molar-refractivity contribution in [2.24, 2.45) is 0 Å². The zero-order chi connectivity index (χ0) is 18.0. The molecule has 1 N–H and O–H groups in total. The molecular formula is C18H21N3O4. The predicted octanol–water partition coefficient (Wildman–Crippen LogP) is 0.835. The van der Waals surface area contributed by atoms with Crippen molar-refractivity contribution in [2.75, 3.05) is 31.5 Å². The average molecular weight is 343 g/mol. The van der Waals surface area contributed by atoms with E-state index in [1.807, 2.05) is 0 Å². The number of anilines is 1. The first-order valence-corrected chi connectivity index (χ1v) is 8.43. The Balaban J connectivity index is 1.51. The molecule has 7 heteroatoms. The third-order valence-corrected chi connectivity index (χ3v) is 4.70. The molecule has 132 valence electrons. The van der Waals surface area contributed by atoms with Gasteiger partial charge in [-0.1, -0.05) is 0 Å². The number of amides is 3. The number of hydrogen-bond donors (Lipinski definition) is 1. The maximum atomic E-state index is 12.3. The molecule has 3 amide bonds. The molecule has 0 spiro atoms.